The van der Waals surface area contributed by atoms with Crippen molar-refractivity contribution < 1.29 is 9.53 Å². The lowest BCUT2D eigenvalue weighted by Gasteiger charge is -2.29. The van der Waals surface area contributed by atoms with Gasteiger partial charge in [0, 0.05) is 37.1 Å². The Bertz CT molecular complexity index is 1070. The number of nitrogens with one attached hydrogen (secondary N) is 1. The van der Waals surface area contributed by atoms with E-state index in [0.29, 0.717) is 40.6 Å². The lowest BCUT2D eigenvalue weighted by molar-refractivity contribution is -0.113. The molecule has 0 radical (unpaired) electrons. The highest BCUT2D eigenvalue weighted by atomic mass is 35.5. The van der Waals surface area contributed by atoms with Gasteiger partial charge in [0.15, 0.2) is 11.0 Å². The normalized spacial score (nSPS) is 13.9. The number of halogens is 1. The summed E-state index contributed by atoms with van der Waals surface area (Å²) in [5.74, 6) is 0.780. The van der Waals surface area contributed by atoms with Crippen molar-refractivity contribution in [1.29, 1.82) is 0 Å². The first kappa shape index (κ1) is 21.5. The second-order valence-corrected chi connectivity index (χ2v) is 8.44. The molecule has 0 unspecified atom stereocenters. The van der Waals surface area contributed by atoms with Crippen LogP contribution in [0.2, 0.25) is 5.02 Å². The number of rotatable bonds is 6. The Morgan fingerprint density at radius 2 is 1.94 bits per heavy atom. The average molecular weight is 459 g/mol. The number of hydrogen-bond acceptors (Lipinski definition) is 7. The minimum Gasteiger partial charge on any atom is -0.399 e. The molecule has 8 nitrogen and oxygen atoms in total. The molecule has 2 heterocycles. The summed E-state index contributed by atoms with van der Waals surface area (Å²) < 4.78 is 7.24. The van der Waals surface area contributed by atoms with Crippen molar-refractivity contribution in [3.63, 3.8) is 0 Å². The van der Waals surface area contributed by atoms with E-state index < -0.39 is 0 Å². The highest BCUT2D eigenvalue weighted by Gasteiger charge is 2.16. The number of ether oxygens (including phenoxy) is 1. The molecule has 1 aliphatic heterocycles. The van der Waals surface area contributed by atoms with Crippen molar-refractivity contribution in [3.8, 4) is 11.4 Å². The van der Waals surface area contributed by atoms with Gasteiger partial charge in [-0.15, -0.1) is 10.2 Å². The van der Waals surface area contributed by atoms with E-state index in [2.05, 4.69) is 20.4 Å². The summed E-state index contributed by atoms with van der Waals surface area (Å²) in [5.41, 5.74) is 8.95. The van der Waals surface area contributed by atoms with Crippen LogP contribution in [0.25, 0.3) is 11.4 Å². The van der Waals surface area contributed by atoms with Gasteiger partial charge in [-0.05, 0) is 42.5 Å². The minimum absolute atomic E-state index is 0.141. The van der Waals surface area contributed by atoms with Crippen LogP contribution in [0.5, 0.6) is 0 Å². The Hall–Kier alpha value is -2.75. The lowest BCUT2D eigenvalue weighted by Crippen LogP contribution is -2.36. The predicted octanol–water partition coefficient (Wildman–Crippen LogP) is 3.29. The molecular weight excluding hydrogens is 436 g/mol. The molecule has 10 heteroatoms. The smallest absolute Gasteiger partial charge is 0.234 e. The van der Waals surface area contributed by atoms with Gasteiger partial charge in [-0.25, -0.2) is 0 Å². The monoisotopic (exact) mass is 458 g/mol. The van der Waals surface area contributed by atoms with Gasteiger partial charge in [-0.1, -0.05) is 23.4 Å². The molecule has 0 saturated carbocycles. The summed E-state index contributed by atoms with van der Waals surface area (Å²) in [6.07, 6.45) is 0. The second kappa shape index (κ2) is 9.59. The summed E-state index contributed by atoms with van der Waals surface area (Å²) in [6, 6.07) is 13.0. The number of thioether (sulfide) groups is 1. The first-order valence-electron chi connectivity index (χ1n) is 9.81. The quantitative estimate of drug-likeness (QED) is 0.432. The standard InChI is InChI=1S/C21H23ClN6O2S/c1-27-20(14-2-4-15(23)5-3-14)25-26-21(27)31-13-19(29)24-16-6-7-18(17(22)12-16)28-8-10-30-11-9-28/h2-7,12H,8-11,13,23H2,1H3,(H,24,29). The number of amides is 1. The first-order valence-corrected chi connectivity index (χ1v) is 11.2. The van der Waals surface area contributed by atoms with Gasteiger partial charge in [-0.2, -0.15) is 0 Å². The van der Waals surface area contributed by atoms with Crippen LogP contribution in [0.3, 0.4) is 0 Å². The Kier molecular flexibility index (Phi) is 6.64. The van der Waals surface area contributed by atoms with Gasteiger partial charge in [0.1, 0.15) is 0 Å². The molecule has 0 bridgehead atoms. The zero-order chi connectivity index (χ0) is 21.8. The fraction of sp³-hybridized carbons (Fsp3) is 0.286. The number of anilines is 3. The SMILES string of the molecule is Cn1c(SCC(=O)Nc2ccc(N3CCOCC3)c(Cl)c2)nnc1-c1ccc(N)cc1. The van der Waals surface area contributed by atoms with Crippen molar-refractivity contribution in [2.45, 2.75) is 5.16 Å². The van der Waals surface area contributed by atoms with Crippen LogP contribution in [-0.4, -0.2) is 52.7 Å². The summed E-state index contributed by atoms with van der Waals surface area (Å²) in [5, 5.41) is 12.6. The fourth-order valence-electron chi connectivity index (χ4n) is 3.30. The molecule has 0 atom stereocenters. The third-order valence-electron chi connectivity index (χ3n) is 4.92. The summed E-state index contributed by atoms with van der Waals surface area (Å²) in [7, 11) is 1.87. The predicted molar refractivity (Wildman–Crippen MR) is 125 cm³/mol. The van der Waals surface area contributed by atoms with Crippen LogP contribution in [0, 0.1) is 0 Å². The number of carbonyl (C=O) groups is 1. The molecule has 31 heavy (non-hydrogen) atoms. The van der Waals surface area contributed by atoms with E-state index in [1.54, 1.807) is 6.07 Å². The largest absolute Gasteiger partial charge is 0.399 e. The van der Waals surface area contributed by atoms with Crippen molar-refractivity contribution in [2.75, 3.05) is 48.0 Å². The van der Waals surface area contributed by atoms with E-state index >= 15 is 0 Å². The Balaban J connectivity index is 1.35. The van der Waals surface area contributed by atoms with E-state index in [9.17, 15) is 4.79 Å². The third kappa shape index (κ3) is 5.12. The zero-order valence-electron chi connectivity index (χ0n) is 17.0. The lowest BCUT2D eigenvalue weighted by atomic mass is 10.2. The second-order valence-electron chi connectivity index (χ2n) is 7.09. The van der Waals surface area contributed by atoms with Gasteiger partial charge < -0.3 is 25.3 Å². The minimum atomic E-state index is -0.141. The topological polar surface area (TPSA) is 98.3 Å². The van der Waals surface area contributed by atoms with Crippen molar-refractivity contribution in [2.24, 2.45) is 7.05 Å². The molecule has 1 aliphatic rings. The molecule has 3 N–H and O–H groups in total. The fourth-order valence-corrected chi connectivity index (χ4v) is 4.31. The van der Waals surface area contributed by atoms with E-state index in [4.69, 9.17) is 22.1 Å². The molecule has 1 saturated heterocycles. The molecule has 0 spiro atoms. The molecule has 1 amide bonds. The maximum Gasteiger partial charge on any atom is 0.234 e. The highest BCUT2D eigenvalue weighted by Crippen LogP contribution is 2.30. The van der Waals surface area contributed by atoms with E-state index in [-0.39, 0.29) is 11.7 Å². The van der Waals surface area contributed by atoms with E-state index in [1.807, 2.05) is 48.0 Å². The average Bonchev–Trinajstić information content (AvgIpc) is 3.14. The first-order chi connectivity index (χ1) is 15.0. The number of nitrogens with two attached hydrogens (primary N) is 1. The van der Waals surface area contributed by atoms with Crippen LogP contribution in [0.4, 0.5) is 17.1 Å². The van der Waals surface area contributed by atoms with E-state index in [1.165, 1.54) is 11.8 Å². The maximum absolute atomic E-state index is 12.4. The van der Waals surface area contributed by atoms with Crippen LogP contribution in [-0.2, 0) is 16.6 Å². The molecule has 3 aromatic rings. The number of carbonyl (C=O) groups excluding carboxylic acids is 1. The van der Waals surface area contributed by atoms with Crippen LogP contribution in [0.15, 0.2) is 47.6 Å². The van der Waals surface area contributed by atoms with Gasteiger partial charge in [0.25, 0.3) is 0 Å². The number of aromatic nitrogens is 3. The Labute approximate surface area is 189 Å². The van der Waals surface area contributed by atoms with Crippen LogP contribution < -0.4 is 16.0 Å². The zero-order valence-corrected chi connectivity index (χ0v) is 18.6. The van der Waals surface area contributed by atoms with Crippen molar-refractivity contribution >= 4 is 46.3 Å². The highest BCUT2D eigenvalue weighted by molar-refractivity contribution is 7.99. The molecule has 2 aromatic carbocycles. The maximum atomic E-state index is 12.4. The van der Waals surface area contributed by atoms with Crippen LogP contribution >= 0.6 is 23.4 Å². The summed E-state index contributed by atoms with van der Waals surface area (Å²) >= 11 is 7.76. The molecule has 1 aromatic heterocycles. The Morgan fingerprint density at radius 3 is 2.65 bits per heavy atom. The number of nitrogen functional groups attached to an aromatic ring is 1. The number of benzene rings is 2. The molecule has 162 valence electrons. The molecule has 0 aliphatic carbocycles. The number of hydrogen-bond donors (Lipinski definition) is 2. The number of morpholine rings is 1. The molecule has 4 rings (SSSR count). The van der Waals surface area contributed by atoms with Gasteiger partial charge in [0.05, 0.1) is 29.7 Å². The van der Waals surface area contributed by atoms with Crippen molar-refractivity contribution in [3.05, 3.63) is 47.5 Å². The Morgan fingerprint density at radius 1 is 1.19 bits per heavy atom. The number of nitrogens with zero attached hydrogens (tertiary/aromatic N) is 4. The summed E-state index contributed by atoms with van der Waals surface area (Å²) in [6.45, 7) is 2.98. The van der Waals surface area contributed by atoms with Crippen LogP contribution in [0.1, 0.15) is 0 Å². The molecular formula is C21H23ClN6O2S. The van der Waals surface area contributed by atoms with E-state index in [0.717, 1.165) is 24.3 Å². The van der Waals surface area contributed by atoms with Gasteiger partial charge in [0.2, 0.25) is 5.91 Å². The summed E-state index contributed by atoms with van der Waals surface area (Å²) in [4.78, 5) is 14.6. The van der Waals surface area contributed by atoms with Crippen molar-refractivity contribution in [1.82, 2.24) is 14.8 Å². The third-order valence-corrected chi connectivity index (χ3v) is 6.24. The van der Waals surface area contributed by atoms with Gasteiger partial charge >= 0.3 is 0 Å². The molecule has 1 fully saturated rings. The van der Waals surface area contributed by atoms with Gasteiger partial charge in [-0.3, -0.25) is 4.79 Å².